The minimum absolute atomic E-state index is 0.0595. The Bertz CT molecular complexity index is 489. The molecule has 0 N–H and O–H groups in total. The molecule has 1 rings (SSSR count). The van der Waals surface area contributed by atoms with E-state index < -0.39 is 29.0 Å². The predicted molar refractivity (Wildman–Crippen MR) is 55.7 cm³/mol. The Labute approximate surface area is 104 Å². The molecule has 0 radical (unpaired) electrons. The molecule has 0 aliphatic rings. The number of halogens is 6. The van der Waals surface area contributed by atoms with E-state index in [1.54, 1.807) is 0 Å². The highest BCUT2D eigenvalue weighted by Crippen LogP contribution is 2.37. The highest BCUT2D eigenvalue weighted by Gasteiger charge is 2.38. The van der Waals surface area contributed by atoms with Crippen LogP contribution in [0.5, 0.6) is 0 Å². The fourth-order valence-electron chi connectivity index (χ4n) is 1.46. The van der Waals surface area contributed by atoms with Gasteiger partial charge >= 0.3 is 12.4 Å². The third kappa shape index (κ3) is 3.62. The Morgan fingerprint density at radius 2 is 1.63 bits per heavy atom. The average molecular weight is 285 g/mol. The van der Waals surface area contributed by atoms with Crippen LogP contribution in [-0.2, 0) is 17.2 Å². The molecule has 2 nitrogen and oxygen atoms in total. The number of alkyl halides is 6. The standard InChI is InChI=1S/C11H9F6NO/c1-6(18-19-2)8-4-3-7(10(12,13)14)5-9(8)11(15,16)17/h3-5H,1-2H3/b18-6+. The van der Waals surface area contributed by atoms with Crippen molar-refractivity contribution in [1.29, 1.82) is 0 Å². The topological polar surface area (TPSA) is 21.6 Å². The molecule has 0 aliphatic carbocycles. The second kappa shape index (κ2) is 5.10. The molecular formula is C11H9F6NO. The summed E-state index contributed by atoms with van der Waals surface area (Å²) in [5.74, 6) is 0. The van der Waals surface area contributed by atoms with Crippen LogP contribution in [0, 0.1) is 0 Å². The van der Waals surface area contributed by atoms with E-state index in [1.807, 2.05) is 0 Å². The molecule has 8 heteroatoms. The molecule has 106 valence electrons. The lowest BCUT2D eigenvalue weighted by atomic mass is 10.00. The fourth-order valence-corrected chi connectivity index (χ4v) is 1.46. The van der Waals surface area contributed by atoms with Crippen LogP contribution in [-0.4, -0.2) is 12.8 Å². The zero-order chi connectivity index (χ0) is 14.8. The highest BCUT2D eigenvalue weighted by atomic mass is 19.4. The Morgan fingerprint density at radius 1 is 1.05 bits per heavy atom. The molecule has 0 unspecified atom stereocenters. The molecule has 0 aliphatic heterocycles. The summed E-state index contributed by atoms with van der Waals surface area (Å²) in [6.45, 7) is 1.21. The second-order valence-electron chi connectivity index (χ2n) is 3.62. The number of hydrogen-bond acceptors (Lipinski definition) is 2. The van der Waals surface area contributed by atoms with Gasteiger partial charge in [-0.3, -0.25) is 0 Å². The van der Waals surface area contributed by atoms with Gasteiger partial charge < -0.3 is 4.84 Å². The van der Waals surface area contributed by atoms with E-state index in [4.69, 9.17) is 0 Å². The second-order valence-corrected chi connectivity index (χ2v) is 3.62. The van der Waals surface area contributed by atoms with Crippen molar-refractivity contribution in [3.05, 3.63) is 34.9 Å². The van der Waals surface area contributed by atoms with Gasteiger partial charge in [-0.2, -0.15) is 26.3 Å². The molecule has 19 heavy (non-hydrogen) atoms. The van der Waals surface area contributed by atoms with Gasteiger partial charge in [-0.15, -0.1) is 0 Å². The first-order valence-electron chi connectivity index (χ1n) is 4.94. The fraction of sp³-hybridized carbons (Fsp3) is 0.364. The number of nitrogens with zero attached hydrogens (tertiary/aromatic N) is 1. The molecule has 0 aromatic heterocycles. The molecule has 1 aromatic carbocycles. The van der Waals surface area contributed by atoms with Gasteiger partial charge in [0.2, 0.25) is 0 Å². The van der Waals surface area contributed by atoms with Crippen LogP contribution in [0.2, 0.25) is 0 Å². The quantitative estimate of drug-likeness (QED) is 0.455. The van der Waals surface area contributed by atoms with Crippen LogP contribution >= 0.6 is 0 Å². The average Bonchev–Trinajstić information content (AvgIpc) is 2.26. The van der Waals surface area contributed by atoms with E-state index in [0.29, 0.717) is 6.07 Å². The lowest BCUT2D eigenvalue weighted by Crippen LogP contribution is -2.15. The van der Waals surface area contributed by atoms with Crippen molar-refractivity contribution in [2.75, 3.05) is 7.11 Å². The van der Waals surface area contributed by atoms with Crippen LogP contribution in [0.15, 0.2) is 23.4 Å². The first kappa shape index (κ1) is 15.3. The predicted octanol–water partition coefficient (Wildman–Crippen LogP) is 4.09. The first-order valence-corrected chi connectivity index (χ1v) is 4.94. The van der Waals surface area contributed by atoms with Crippen molar-refractivity contribution < 1.29 is 31.2 Å². The highest BCUT2D eigenvalue weighted by molar-refractivity contribution is 5.99. The van der Waals surface area contributed by atoms with Crippen LogP contribution in [0.25, 0.3) is 0 Å². The maximum atomic E-state index is 12.8. The number of benzene rings is 1. The lowest BCUT2D eigenvalue weighted by Gasteiger charge is -2.15. The van der Waals surface area contributed by atoms with Crippen molar-refractivity contribution in [3.8, 4) is 0 Å². The molecule has 0 heterocycles. The van der Waals surface area contributed by atoms with E-state index in [-0.39, 0.29) is 11.8 Å². The zero-order valence-corrected chi connectivity index (χ0v) is 9.86. The van der Waals surface area contributed by atoms with Crippen LogP contribution in [0.1, 0.15) is 23.6 Å². The zero-order valence-electron chi connectivity index (χ0n) is 9.86. The summed E-state index contributed by atoms with van der Waals surface area (Å²) >= 11 is 0. The van der Waals surface area contributed by atoms with Gasteiger partial charge in [-0.05, 0) is 19.1 Å². The van der Waals surface area contributed by atoms with Crippen molar-refractivity contribution in [2.24, 2.45) is 5.16 Å². The summed E-state index contributed by atoms with van der Waals surface area (Å²) < 4.78 is 75.5. The SMILES string of the molecule is CO/N=C(\C)c1ccc(C(F)(F)F)cc1C(F)(F)F. The maximum Gasteiger partial charge on any atom is 0.417 e. The van der Waals surface area contributed by atoms with Gasteiger partial charge in [0.15, 0.2) is 0 Å². The number of oxime groups is 1. The van der Waals surface area contributed by atoms with Gasteiger partial charge in [0.25, 0.3) is 0 Å². The van der Waals surface area contributed by atoms with Crippen LogP contribution < -0.4 is 0 Å². The Kier molecular flexibility index (Phi) is 4.12. The molecular weight excluding hydrogens is 276 g/mol. The van der Waals surface area contributed by atoms with Gasteiger partial charge in [-0.25, -0.2) is 0 Å². The number of hydrogen-bond donors (Lipinski definition) is 0. The van der Waals surface area contributed by atoms with E-state index in [1.165, 1.54) is 6.92 Å². The van der Waals surface area contributed by atoms with Crippen molar-refractivity contribution in [3.63, 3.8) is 0 Å². The molecule has 0 fully saturated rings. The van der Waals surface area contributed by atoms with Gasteiger partial charge in [-0.1, -0.05) is 11.2 Å². The molecule has 1 aromatic rings. The normalized spacial score (nSPS) is 13.6. The summed E-state index contributed by atoms with van der Waals surface area (Å²) in [5.41, 5.74) is -3.39. The largest absolute Gasteiger partial charge is 0.417 e. The Morgan fingerprint density at radius 3 is 2.05 bits per heavy atom. The first-order chi connectivity index (χ1) is 8.57. The smallest absolute Gasteiger partial charge is 0.399 e. The van der Waals surface area contributed by atoms with Gasteiger partial charge in [0, 0.05) is 5.56 Å². The van der Waals surface area contributed by atoms with E-state index in [9.17, 15) is 26.3 Å². The summed E-state index contributed by atoms with van der Waals surface area (Å²) in [6, 6.07) is 1.35. The molecule has 0 spiro atoms. The monoisotopic (exact) mass is 285 g/mol. The van der Waals surface area contributed by atoms with Crippen molar-refractivity contribution in [1.82, 2.24) is 0 Å². The maximum absolute atomic E-state index is 12.8. The third-order valence-electron chi connectivity index (χ3n) is 2.27. The van der Waals surface area contributed by atoms with E-state index >= 15 is 0 Å². The molecule has 0 saturated heterocycles. The van der Waals surface area contributed by atoms with Crippen LogP contribution in [0.3, 0.4) is 0 Å². The summed E-state index contributed by atoms with van der Waals surface area (Å²) in [4.78, 5) is 4.32. The van der Waals surface area contributed by atoms with Crippen molar-refractivity contribution in [2.45, 2.75) is 19.3 Å². The Balaban J connectivity index is 3.47. The van der Waals surface area contributed by atoms with Crippen molar-refractivity contribution >= 4 is 5.71 Å². The Hall–Kier alpha value is -1.73. The van der Waals surface area contributed by atoms with E-state index in [0.717, 1.165) is 13.2 Å². The minimum Gasteiger partial charge on any atom is -0.399 e. The summed E-state index contributed by atoms with van der Waals surface area (Å²) in [7, 11) is 1.13. The molecule has 0 amide bonds. The minimum atomic E-state index is -4.92. The third-order valence-corrected chi connectivity index (χ3v) is 2.27. The molecule has 0 saturated carbocycles. The number of rotatable bonds is 2. The molecule has 0 atom stereocenters. The summed E-state index contributed by atoms with van der Waals surface area (Å²) in [5, 5.41) is 3.30. The van der Waals surface area contributed by atoms with Gasteiger partial charge in [0.05, 0.1) is 16.8 Å². The van der Waals surface area contributed by atoms with Gasteiger partial charge in [0.1, 0.15) is 7.11 Å². The lowest BCUT2D eigenvalue weighted by molar-refractivity contribution is -0.143. The molecule has 0 bridgehead atoms. The summed E-state index contributed by atoms with van der Waals surface area (Å²) in [6.07, 6.45) is -9.76. The van der Waals surface area contributed by atoms with Crippen LogP contribution in [0.4, 0.5) is 26.3 Å². The van der Waals surface area contributed by atoms with E-state index in [2.05, 4.69) is 9.99 Å².